The van der Waals surface area contributed by atoms with E-state index in [1.807, 2.05) is 0 Å². The molecule has 0 radical (unpaired) electrons. The fourth-order valence-corrected chi connectivity index (χ4v) is 11.8. The zero-order chi connectivity index (χ0) is 27.7. The van der Waals surface area contributed by atoms with Crippen LogP contribution in [0.5, 0.6) is 0 Å². The molecule has 1 heterocycles. The van der Waals surface area contributed by atoms with Gasteiger partial charge >= 0.3 is 5.97 Å². The summed E-state index contributed by atoms with van der Waals surface area (Å²) in [6.45, 7) is 17.8. The molecule has 5 aliphatic carbocycles. The Hall–Kier alpha value is -0.690. The molecule has 6 fully saturated rings. The van der Waals surface area contributed by atoms with E-state index in [1.54, 1.807) is 0 Å². The summed E-state index contributed by atoms with van der Waals surface area (Å²) in [6.07, 6.45) is 2.28. The average molecular weight is 533 g/mol. The van der Waals surface area contributed by atoms with Crippen LogP contribution in [0.4, 0.5) is 0 Å². The van der Waals surface area contributed by atoms with E-state index in [0.717, 1.165) is 19.3 Å². The van der Waals surface area contributed by atoms with Crippen LogP contribution in [0.15, 0.2) is 0 Å². The van der Waals surface area contributed by atoms with Crippen LogP contribution in [0.3, 0.4) is 0 Å². The van der Waals surface area contributed by atoms with Crippen LogP contribution in [0.2, 0.25) is 0 Å². The maximum Gasteiger partial charge on any atom is 0.303 e. The molecule has 6 aliphatic rings. The Morgan fingerprint density at radius 1 is 0.974 bits per heavy atom. The number of esters is 1. The van der Waals surface area contributed by atoms with Crippen molar-refractivity contribution in [3.8, 4) is 0 Å². The predicted molar refractivity (Wildman–Crippen MR) is 144 cm³/mol. The van der Waals surface area contributed by atoms with Gasteiger partial charge in [0.15, 0.2) is 0 Å². The lowest BCUT2D eigenvalue weighted by Crippen LogP contribution is -2.71. The molecule has 0 amide bonds. The number of hydrogen-bond acceptors (Lipinski definition) is 6. The molecule has 3 N–H and O–H groups in total. The summed E-state index contributed by atoms with van der Waals surface area (Å²) < 4.78 is 12.6. The van der Waals surface area contributed by atoms with E-state index < -0.39 is 35.4 Å². The van der Waals surface area contributed by atoms with Gasteiger partial charge in [0.05, 0.1) is 24.4 Å². The number of aliphatic hydroxyl groups is 3. The number of rotatable bonds is 5. The molecular weight excluding hydrogens is 480 g/mol. The van der Waals surface area contributed by atoms with Crippen LogP contribution in [0.1, 0.15) is 93.9 Å². The summed E-state index contributed by atoms with van der Waals surface area (Å²) in [6, 6.07) is 0. The summed E-state index contributed by atoms with van der Waals surface area (Å²) in [7, 11) is 0. The van der Waals surface area contributed by atoms with Crippen molar-refractivity contribution in [3.05, 3.63) is 0 Å². The molecule has 38 heavy (non-hydrogen) atoms. The third-order valence-electron chi connectivity index (χ3n) is 14.2. The normalized spacial score (nSPS) is 58.2. The summed E-state index contributed by atoms with van der Waals surface area (Å²) >= 11 is 0. The van der Waals surface area contributed by atoms with Gasteiger partial charge in [-0.1, -0.05) is 48.5 Å². The molecule has 0 bridgehead atoms. The zero-order valence-electron chi connectivity index (χ0n) is 24.8. The lowest BCUT2D eigenvalue weighted by molar-refractivity contribution is -0.252. The van der Waals surface area contributed by atoms with E-state index in [0.29, 0.717) is 53.8 Å². The SMILES string of the molecule is CC(=O)O[C@@H]1[C@@H](O)[C@H]2[C@@H](C[C@H]3O[C@]34C[C@@H](O)C[C@H](O)[C@]24C)[C@@H]2CC[C@H]([C@H](C)[C@H]3C[C@]3(C)[C@H](C)C(C)C)[C@@]12C. The quantitative estimate of drug-likeness (QED) is 0.354. The summed E-state index contributed by atoms with van der Waals surface area (Å²) in [4.78, 5) is 12.5. The van der Waals surface area contributed by atoms with Crippen molar-refractivity contribution in [2.45, 2.75) is 130 Å². The van der Waals surface area contributed by atoms with Crippen LogP contribution < -0.4 is 0 Å². The van der Waals surface area contributed by atoms with E-state index in [-0.39, 0.29) is 29.3 Å². The molecule has 0 aromatic carbocycles. The van der Waals surface area contributed by atoms with Crippen LogP contribution in [0.25, 0.3) is 0 Å². The lowest BCUT2D eigenvalue weighted by Gasteiger charge is -2.63. The molecule has 6 rings (SSSR count). The van der Waals surface area contributed by atoms with Gasteiger partial charge in [0, 0.05) is 30.1 Å². The van der Waals surface area contributed by atoms with Crippen LogP contribution >= 0.6 is 0 Å². The van der Waals surface area contributed by atoms with Crippen LogP contribution in [-0.4, -0.2) is 57.4 Å². The Labute approximate surface area is 229 Å². The third kappa shape index (κ3) is 3.30. The predicted octanol–water partition coefficient (Wildman–Crippen LogP) is 4.58. The molecule has 6 nitrogen and oxygen atoms in total. The minimum absolute atomic E-state index is 0.0233. The molecule has 16 atom stereocenters. The Balaban J connectivity index is 1.37. The smallest absolute Gasteiger partial charge is 0.303 e. The van der Waals surface area contributed by atoms with Gasteiger partial charge in [-0.2, -0.15) is 0 Å². The van der Waals surface area contributed by atoms with E-state index in [4.69, 9.17) is 9.47 Å². The van der Waals surface area contributed by atoms with Crippen molar-refractivity contribution in [1.29, 1.82) is 0 Å². The summed E-state index contributed by atoms with van der Waals surface area (Å²) in [5.74, 6) is 2.76. The topological polar surface area (TPSA) is 99.5 Å². The van der Waals surface area contributed by atoms with Gasteiger partial charge in [-0.15, -0.1) is 0 Å². The summed E-state index contributed by atoms with van der Waals surface area (Å²) in [5.41, 5.74) is -1.23. The fourth-order valence-electron chi connectivity index (χ4n) is 11.8. The maximum absolute atomic E-state index is 12.5. The number of hydrogen-bond donors (Lipinski definition) is 3. The molecule has 1 saturated heterocycles. The second-order valence-corrected chi connectivity index (χ2v) is 15.7. The highest BCUT2D eigenvalue weighted by Crippen LogP contribution is 2.76. The molecule has 0 aromatic rings. The molecule has 0 aromatic heterocycles. The van der Waals surface area contributed by atoms with Gasteiger partial charge in [-0.25, -0.2) is 0 Å². The van der Waals surface area contributed by atoms with E-state index >= 15 is 0 Å². The van der Waals surface area contributed by atoms with Crippen molar-refractivity contribution in [1.82, 2.24) is 0 Å². The molecule has 1 spiro atoms. The van der Waals surface area contributed by atoms with Crippen molar-refractivity contribution < 1.29 is 29.6 Å². The maximum atomic E-state index is 12.5. The Morgan fingerprint density at radius 3 is 2.29 bits per heavy atom. The third-order valence-corrected chi connectivity index (χ3v) is 14.2. The van der Waals surface area contributed by atoms with Gasteiger partial charge < -0.3 is 24.8 Å². The van der Waals surface area contributed by atoms with Gasteiger partial charge in [-0.3, -0.25) is 4.79 Å². The molecule has 5 saturated carbocycles. The van der Waals surface area contributed by atoms with E-state index in [9.17, 15) is 20.1 Å². The number of ether oxygens (including phenoxy) is 2. The minimum Gasteiger partial charge on any atom is -0.459 e. The lowest BCUT2D eigenvalue weighted by atomic mass is 9.42. The highest BCUT2D eigenvalue weighted by molar-refractivity contribution is 5.66. The second kappa shape index (κ2) is 8.42. The van der Waals surface area contributed by atoms with Crippen molar-refractivity contribution in [3.63, 3.8) is 0 Å². The molecular formula is C32H52O6. The van der Waals surface area contributed by atoms with Gasteiger partial charge in [0.25, 0.3) is 0 Å². The van der Waals surface area contributed by atoms with Crippen molar-refractivity contribution in [2.24, 2.45) is 63.6 Å². The molecule has 0 unspecified atom stereocenters. The van der Waals surface area contributed by atoms with Gasteiger partial charge in [0.2, 0.25) is 0 Å². The largest absolute Gasteiger partial charge is 0.459 e. The number of carbonyl (C=O) groups is 1. The first kappa shape index (κ1) is 27.5. The first-order chi connectivity index (χ1) is 17.6. The molecule has 6 heteroatoms. The summed E-state index contributed by atoms with van der Waals surface area (Å²) in [5, 5.41) is 34.3. The molecule has 1 aliphatic heterocycles. The van der Waals surface area contributed by atoms with E-state index in [2.05, 4.69) is 48.5 Å². The van der Waals surface area contributed by atoms with Crippen LogP contribution in [-0.2, 0) is 14.3 Å². The highest BCUT2D eigenvalue weighted by Gasteiger charge is 2.81. The first-order valence-corrected chi connectivity index (χ1v) is 15.5. The Morgan fingerprint density at radius 2 is 1.66 bits per heavy atom. The number of carbonyl (C=O) groups excluding carboxylic acids is 1. The average Bonchev–Trinajstić information content (AvgIpc) is 3.68. The highest BCUT2D eigenvalue weighted by atomic mass is 16.6. The van der Waals surface area contributed by atoms with Gasteiger partial charge in [0.1, 0.15) is 11.7 Å². The van der Waals surface area contributed by atoms with E-state index in [1.165, 1.54) is 13.3 Å². The second-order valence-electron chi connectivity index (χ2n) is 15.7. The molecule has 216 valence electrons. The zero-order valence-corrected chi connectivity index (χ0v) is 24.8. The minimum atomic E-state index is -0.866. The number of fused-ring (bicyclic) bond motifs is 4. The van der Waals surface area contributed by atoms with Gasteiger partial charge in [-0.05, 0) is 78.9 Å². The number of epoxide rings is 1. The Bertz CT molecular complexity index is 983. The fraction of sp³-hybridized carbons (Fsp3) is 0.969. The Kier molecular flexibility index (Phi) is 6.09. The number of aliphatic hydroxyl groups excluding tert-OH is 3. The first-order valence-electron chi connectivity index (χ1n) is 15.5. The monoisotopic (exact) mass is 532 g/mol. The standard InChI is InChI=1S/C32H52O6/c1-15(2)17(4)29(6)14-23(29)16(3)21-9-10-22-20-12-25-32(38-25)13-19(34)11-24(35)31(32,8)26(20)27(36)28(30(21,22)7)37-18(5)33/h15-17,19-28,34-36H,9-14H2,1-8H3/t16-,17+,19-,20-,21+,22-,23+,24-,25+,26+,27-,28+,29+,30+,31+,32+/m0/s1. The van der Waals surface area contributed by atoms with Crippen molar-refractivity contribution in [2.75, 3.05) is 0 Å². The van der Waals surface area contributed by atoms with Crippen molar-refractivity contribution >= 4 is 5.97 Å². The van der Waals surface area contributed by atoms with Crippen LogP contribution in [0, 0.1) is 63.6 Å².